The van der Waals surface area contributed by atoms with E-state index >= 15 is 0 Å². The molecule has 2 heterocycles. The fourth-order valence-electron chi connectivity index (χ4n) is 3.33. The van der Waals surface area contributed by atoms with Gasteiger partial charge in [-0.15, -0.1) is 0 Å². The van der Waals surface area contributed by atoms with Gasteiger partial charge in [-0.3, -0.25) is 0 Å². The third-order valence-corrected chi connectivity index (χ3v) is 4.65. The van der Waals surface area contributed by atoms with Gasteiger partial charge in [-0.25, -0.2) is 4.98 Å². The number of anilines is 3. The van der Waals surface area contributed by atoms with E-state index in [1.54, 1.807) is 0 Å². The van der Waals surface area contributed by atoms with Crippen LogP contribution in [0.1, 0.15) is 19.8 Å². The Balaban J connectivity index is 1.72. The first kappa shape index (κ1) is 17.3. The molecule has 1 N–H and O–H groups in total. The zero-order chi connectivity index (χ0) is 18.5. The number of aromatic nitrogens is 2. The van der Waals surface area contributed by atoms with Gasteiger partial charge in [-0.2, -0.15) is 4.98 Å². The van der Waals surface area contributed by atoms with Gasteiger partial charge in [0.05, 0.1) is 18.0 Å². The highest BCUT2D eigenvalue weighted by Crippen LogP contribution is 2.30. The van der Waals surface area contributed by atoms with Gasteiger partial charge in [-0.05, 0) is 31.9 Å². The van der Waals surface area contributed by atoms with Gasteiger partial charge in [0, 0.05) is 24.7 Å². The highest BCUT2D eigenvalue weighted by atomic mass is 16.5. The molecule has 1 aromatic heterocycles. The molecule has 0 amide bonds. The van der Waals surface area contributed by atoms with Crippen molar-refractivity contribution in [2.45, 2.75) is 19.8 Å². The fraction of sp³-hybridized carbons (Fsp3) is 0.273. The average molecular weight is 360 g/mol. The predicted octanol–water partition coefficient (Wildman–Crippen LogP) is 4.89. The first-order chi connectivity index (χ1) is 13.3. The quantitative estimate of drug-likeness (QED) is 0.678. The number of benzene rings is 2. The standard InChI is InChI=1S/C22H24N4O/c1-2-27-20-13-7-6-12-18(20)23-22-24-19(17-10-4-3-5-11-17)16-21(25-22)26-14-8-9-15-26/h3-7,10-13,16H,2,8-9,14-15H2,1H3,(H,23,24,25). The molecule has 5 heteroatoms. The van der Waals surface area contributed by atoms with E-state index in [9.17, 15) is 0 Å². The van der Waals surface area contributed by atoms with Gasteiger partial charge >= 0.3 is 0 Å². The molecule has 0 spiro atoms. The molecule has 4 rings (SSSR count). The van der Waals surface area contributed by atoms with Crippen LogP contribution in [0.25, 0.3) is 11.3 Å². The molecule has 0 bridgehead atoms. The largest absolute Gasteiger partial charge is 0.492 e. The molecule has 1 aliphatic heterocycles. The molecule has 0 aliphatic carbocycles. The van der Waals surface area contributed by atoms with E-state index in [2.05, 4.69) is 28.4 Å². The van der Waals surface area contributed by atoms with E-state index in [0.29, 0.717) is 12.6 Å². The number of ether oxygens (including phenoxy) is 1. The zero-order valence-electron chi connectivity index (χ0n) is 15.6. The van der Waals surface area contributed by atoms with Crippen molar-refractivity contribution < 1.29 is 4.74 Å². The van der Waals surface area contributed by atoms with Gasteiger partial charge in [-0.1, -0.05) is 42.5 Å². The van der Waals surface area contributed by atoms with Crippen molar-refractivity contribution in [2.24, 2.45) is 0 Å². The van der Waals surface area contributed by atoms with Crippen LogP contribution < -0.4 is 15.0 Å². The smallest absolute Gasteiger partial charge is 0.229 e. The predicted molar refractivity (Wildman–Crippen MR) is 110 cm³/mol. The summed E-state index contributed by atoms with van der Waals surface area (Å²) in [6.07, 6.45) is 2.42. The number of nitrogens with zero attached hydrogens (tertiary/aromatic N) is 3. The van der Waals surface area contributed by atoms with Crippen molar-refractivity contribution in [3.05, 3.63) is 60.7 Å². The highest BCUT2D eigenvalue weighted by molar-refractivity contribution is 5.68. The van der Waals surface area contributed by atoms with Gasteiger partial charge in [0.15, 0.2) is 0 Å². The maximum Gasteiger partial charge on any atom is 0.229 e. The third-order valence-electron chi connectivity index (χ3n) is 4.65. The van der Waals surface area contributed by atoms with Crippen molar-refractivity contribution in [1.82, 2.24) is 9.97 Å². The van der Waals surface area contributed by atoms with Crippen molar-refractivity contribution in [3.8, 4) is 17.0 Å². The highest BCUT2D eigenvalue weighted by Gasteiger charge is 2.17. The van der Waals surface area contributed by atoms with E-state index in [1.165, 1.54) is 12.8 Å². The molecule has 1 fully saturated rings. The summed E-state index contributed by atoms with van der Waals surface area (Å²) in [4.78, 5) is 11.9. The molecule has 2 aromatic carbocycles. The van der Waals surface area contributed by atoms with Gasteiger partial charge in [0.2, 0.25) is 5.95 Å². The second-order valence-corrected chi connectivity index (χ2v) is 6.55. The molecule has 1 saturated heterocycles. The monoisotopic (exact) mass is 360 g/mol. The summed E-state index contributed by atoms with van der Waals surface area (Å²) in [7, 11) is 0. The summed E-state index contributed by atoms with van der Waals surface area (Å²) in [6.45, 7) is 4.68. The van der Waals surface area contributed by atoms with Crippen molar-refractivity contribution in [3.63, 3.8) is 0 Å². The number of rotatable bonds is 6. The normalized spacial score (nSPS) is 13.6. The fourth-order valence-corrected chi connectivity index (χ4v) is 3.33. The Labute approximate surface area is 160 Å². The summed E-state index contributed by atoms with van der Waals surface area (Å²) in [6, 6.07) is 20.2. The number of hydrogen-bond donors (Lipinski definition) is 1. The van der Waals surface area contributed by atoms with Crippen LogP contribution in [0.5, 0.6) is 5.75 Å². The lowest BCUT2D eigenvalue weighted by molar-refractivity contribution is 0.342. The number of hydrogen-bond acceptors (Lipinski definition) is 5. The molecule has 0 unspecified atom stereocenters. The third kappa shape index (κ3) is 4.03. The molecule has 27 heavy (non-hydrogen) atoms. The van der Waals surface area contributed by atoms with Crippen molar-refractivity contribution >= 4 is 17.5 Å². The number of nitrogens with one attached hydrogen (secondary N) is 1. The van der Waals surface area contributed by atoms with E-state index in [4.69, 9.17) is 14.7 Å². The summed E-state index contributed by atoms with van der Waals surface area (Å²) < 4.78 is 5.73. The Morgan fingerprint density at radius 2 is 1.70 bits per heavy atom. The molecular formula is C22H24N4O. The maximum absolute atomic E-state index is 5.73. The molecule has 138 valence electrons. The van der Waals surface area contributed by atoms with Crippen LogP contribution in [0.4, 0.5) is 17.5 Å². The summed E-state index contributed by atoms with van der Waals surface area (Å²) >= 11 is 0. The zero-order valence-corrected chi connectivity index (χ0v) is 15.6. The average Bonchev–Trinajstić information content (AvgIpc) is 3.25. The second-order valence-electron chi connectivity index (χ2n) is 6.55. The van der Waals surface area contributed by atoms with Gasteiger partial charge in [0.1, 0.15) is 11.6 Å². The topological polar surface area (TPSA) is 50.3 Å². The Hall–Kier alpha value is -3.08. The van der Waals surface area contributed by atoms with Crippen LogP contribution in [0.15, 0.2) is 60.7 Å². The van der Waals surface area contributed by atoms with Crippen molar-refractivity contribution in [2.75, 3.05) is 29.9 Å². The first-order valence-corrected chi connectivity index (χ1v) is 9.52. The van der Waals surface area contributed by atoms with E-state index in [0.717, 1.165) is 41.6 Å². The first-order valence-electron chi connectivity index (χ1n) is 9.52. The van der Waals surface area contributed by atoms with Crippen LogP contribution in [-0.4, -0.2) is 29.7 Å². The van der Waals surface area contributed by atoms with Gasteiger partial charge in [0.25, 0.3) is 0 Å². The lowest BCUT2D eigenvalue weighted by atomic mass is 10.1. The van der Waals surface area contributed by atoms with E-state index < -0.39 is 0 Å². The van der Waals surface area contributed by atoms with Crippen LogP contribution in [0, 0.1) is 0 Å². The minimum atomic E-state index is 0.588. The molecule has 1 aliphatic rings. The van der Waals surface area contributed by atoms with Crippen LogP contribution in [0.2, 0.25) is 0 Å². The number of para-hydroxylation sites is 2. The Morgan fingerprint density at radius 3 is 2.48 bits per heavy atom. The molecule has 5 nitrogen and oxygen atoms in total. The SMILES string of the molecule is CCOc1ccccc1Nc1nc(-c2ccccc2)cc(N2CCCC2)n1. The van der Waals surface area contributed by atoms with E-state index in [1.807, 2.05) is 49.4 Å². The molecular weight excluding hydrogens is 336 g/mol. The Morgan fingerprint density at radius 1 is 0.963 bits per heavy atom. The minimum Gasteiger partial charge on any atom is -0.492 e. The molecule has 3 aromatic rings. The van der Waals surface area contributed by atoms with Crippen LogP contribution in [0.3, 0.4) is 0 Å². The molecule has 0 saturated carbocycles. The lowest BCUT2D eigenvalue weighted by Crippen LogP contribution is -2.19. The second kappa shape index (κ2) is 8.08. The van der Waals surface area contributed by atoms with Crippen molar-refractivity contribution in [1.29, 1.82) is 0 Å². The molecule has 0 atom stereocenters. The molecule has 0 radical (unpaired) electrons. The Bertz CT molecular complexity index is 892. The summed E-state index contributed by atoms with van der Waals surface area (Å²) in [5.74, 6) is 2.36. The summed E-state index contributed by atoms with van der Waals surface area (Å²) in [5, 5.41) is 3.36. The van der Waals surface area contributed by atoms with Crippen LogP contribution in [-0.2, 0) is 0 Å². The lowest BCUT2D eigenvalue weighted by Gasteiger charge is -2.19. The Kier molecular flexibility index (Phi) is 5.19. The van der Waals surface area contributed by atoms with E-state index in [-0.39, 0.29) is 0 Å². The van der Waals surface area contributed by atoms with Gasteiger partial charge < -0.3 is 15.0 Å². The maximum atomic E-state index is 5.73. The van der Waals surface area contributed by atoms with Crippen LogP contribution >= 0.6 is 0 Å². The minimum absolute atomic E-state index is 0.588. The summed E-state index contributed by atoms with van der Waals surface area (Å²) in [5.41, 5.74) is 2.88.